The molecule has 12 heavy (non-hydrogen) atoms. The van der Waals surface area contributed by atoms with Crippen LogP contribution >= 0.6 is 0 Å². The molecule has 0 saturated carbocycles. The quantitative estimate of drug-likeness (QED) is 0.578. The van der Waals surface area contributed by atoms with Gasteiger partial charge in [0, 0.05) is 0 Å². The largest absolute Gasteiger partial charge is 0.280 e. The van der Waals surface area contributed by atoms with E-state index < -0.39 is 0 Å². The van der Waals surface area contributed by atoms with Crippen molar-refractivity contribution in [1.29, 1.82) is 0 Å². The van der Waals surface area contributed by atoms with Crippen LogP contribution in [0.3, 0.4) is 0 Å². The first-order chi connectivity index (χ1) is 5.95. The number of aliphatic imine (C=N–C) groups is 1. The summed E-state index contributed by atoms with van der Waals surface area (Å²) in [5, 5.41) is 0. The van der Waals surface area contributed by atoms with Crippen molar-refractivity contribution >= 4 is 12.6 Å². The van der Waals surface area contributed by atoms with E-state index in [-0.39, 0.29) is 0 Å². The Kier molecular flexibility index (Phi) is 1.99. The van der Waals surface area contributed by atoms with E-state index in [4.69, 9.17) is 0 Å². The molecule has 0 N–H and O–H groups in total. The summed E-state index contributed by atoms with van der Waals surface area (Å²) in [5.41, 5.74) is 1.32. The minimum atomic E-state index is 0.826. The van der Waals surface area contributed by atoms with Gasteiger partial charge in [-0.1, -0.05) is 35.3 Å². The molecule has 0 aromatic heterocycles. The Morgan fingerprint density at radius 1 is 1.25 bits per heavy atom. The van der Waals surface area contributed by atoms with E-state index in [0.717, 1.165) is 13.1 Å². The highest BCUT2D eigenvalue weighted by Crippen LogP contribution is 1.99. The molecule has 0 radical (unpaired) electrons. The van der Waals surface area contributed by atoms with Gasteiger partial charge in [0.25, 0.3) is 6.34 Å². The molecule has 0 atom stereocenters. The molecule has 60 valence electrons. The van der Waals surface area contributed by atoms with Crippen LogP contribution in [0.15, 0.2) is 35.3 Å². The van der Waals surface area contributed by atoms with E-state index in [9.17, 15) is 0 Å². The molecule has 2 nitrogen and oxygen atoms in total. The Bertz CT molecular complexity index is 312. The van der Waals surface area contributed by atoms with Crippen LogP contribution in [-0.4, -0.2) is 23.7 Å². The normalized spacial score (nSPS) is 14.8. The van der Waals surface area contributed by atoms with E-state index in [1.165, 1.54) is 5.56 Å². The van der Waals surface area contributed by atoms with E-state index in [0.29, 0.717) is 0 Å². The molecule has 0 unspecified atom stereocenters. The highest BCUT2D eigenvalue weighted by Gasteiger charge is 2.04. The lowest BCUT2D eigenvalue weighted by Crippen LogP contribution is -2.06. The van der Waals surface area contributed by atoms with Crippen molar-refractivity contribution in [2.45, 2.75) is 6.54 Å². The first kappa shape index (κ1) is 7.22. The van der Waals surface area contributed by atoms with Gasteiger partial charge in [0.2, 0.25) is 0 Å². The fraction of sp³-hybridized carbons (Fsp3) is 0.200. The van der Waals surface area contributed by atoms with Crippen LogP contribution in [0.25, 0.3) is 0 Å². The highest BCUT2D eigenvalue weighted by atomic mass is 15.1. The number of benzene rings is 1. The van der Waals surface area contributed by atoms with Gasteiger partial charge >= 0.3 is 0 Å². The smallest absolute Gasteiger partial charge is 0.233 e. The summed E-state index contributed by atoms with van der Waals surface area (Å²) in [6.07, 6.45) is 3.97. The predicted molar refractivity (Wildman–Crippen MR) is 49.8 cm³/mol. The molecule has 0 saturated heterocycles. The van der Waals surface area contributed by atoms with Crippen molar-refractivity contribution in [3.05, 3.63) is 35.9 Å². The van der Waals surface area contributed by atoms with Crippen molar-refractivity contribution in [2.24, 2.45) is 4.99 Å². The molecule has 1 aliphatic rings. The molecule has 0 spiro atoms. The lowest BCUT2D eigenvalue weighted by atomic mass is 10.2. The van der Waals surface area contributed by atoms with Gasteiger partial charge in [-0.15, -0.1) is 0 Å². The van der Waals surface area contributed by atoms with E-state index in [1.54, 1.807) is 0 Å². The van der Waals surface area contributed by atoms with E-state index in [2.05, 4.69) is 40.0 Å². The van der Waals surface area contributed by atoms with Crippen LogP contribution in [0.2, 0.25) is 0 Å². The van der Waals surface area contributed by atoms with Crippen LogP contribution in [0, 0.1) is 0 Å². The van der Waals surface area contributed by atoms with Crippen LogP contribution in [-0.2, 0) is 6.54 Å². The van der Waals surface area contributed by atoms with Gasteiger partial charge in [-0.05, 0) is 5.56 Å². The molecule has 1 heterocycles. The summed E-state index contributed by atoms with van der Waals surface area (Å²) < 4.78 is 2.11. The molecule has 0 fully saturated rings. The van der Waals surface area contributed by atoms with Crippen molar-refractivity contribution < 1.29 is 4.58 Å². The molecule has 1 aliphatic heterocycles. The summed E-state index contributed by atoms with van der Waals surface area (Å²) in [4.78, 5) is 4.11. The van der Waals surface area contributed by atoms with Gasteiger partial charge in [-0.3, -0.25) is 0 Å². The topological polar surface area (TPSA) is 15.4 Å². The molecule has 0 bridgehead atoms. The Morgan fingerprint density at radius 3 is 2.75 bits per heavy atom. The SMILES string of the molecule is C1=NCC=[N+]1Cc1ccccc1. The molecular weight excluding hydrogens is 148 g/mol. The second-order valence-corrected chi connectivity index (χ2v) is 2.82. The zero-order chi connectivity index (χ0) is 8.23. The summed E-state index contributed by atoms with van der Waals surface area (Å²) >= 11 is 0. The Labute approximate surface area is 71.9 Å². The predicted octanol–water partition coefficient (Wildman–Crippen LogP) is 1.31. The maximum absolute atomic E-state index is 4.11. The van der Waals surface area contributed by atoms with Crippen LogP contribution in [0.5, 0.6) is 0 Å². The zero-order valence-corrected chi connectivity index (χ0v) is 6.85. The number of rotatable bonds is 2. The fourth-order valence-electron chi connectivity index (χ4n) is 1.25. The summed E-state index contributed by atoms with van der Waals surface area (Å²) in [6, 6.07) is 10.4. The molecule has 0 aliphatic carbocycles. The Balaban J connectivity index is 2.09. The third-order valence-electron chi connectivity index (χ3n) is 1.86. The molecular formula is C10H11N2+. The van der Waals surface area contributed by atoms with Crippen molar-refractivity contribution in [3.8, 4) is 0 Å². The maximum atomic E-state index is 4.11. The molecule has 2 heteroatoms. The summed E-state index contributed by atoms with van der Waals surface area (Å²) in [5.74, 6) is 0. The molecule has 1 aromatic carbocycles. The van der Waals surface area contributed by atoms with Crippen LogP contribution in [0.1, 0.15) is 5.56 Å². The fourth-order valence-corrected chi connectivity index (χ4v) is 1.25. The van der Waals surface area contributed by atoms with Gasteiger partial charge in [-0.25, -0.2) is 4.58 Å². The summed E-state index contributed by atoms with van der Waals surface area (Å²) in [6.45, 7) is 1.76. The van der Waals surface area contributed by atoms with Crippen molar-refractivity contribution in [2.75, 3.05) is 6.54 Å². The van der Waals surface area contributed by atoms with Gasteiger partial charge in [0.05, 0.1) is 0 Å². The van der Waals surface area contributed by atoms with Crippen molar-refractivity contribution in [1.82, 2.24) is 0 Å². The molecule has 2 rings (SSSR count). The molecule has 1 aromatic rings. The van der Waals surface area contributed by atoms with Gasteiger partial charge in [-0.2, -0.15) is 0 Å². The van der Waals surface area contributed by atoms with Crippen LogP contribution < -0.4 is 0 Å². The average Bonchev–Trinajstić information content (AvgIpc) is 2.59. The number of hydrogen-bond acceptors (Lipinski definition) is 1. The standard InChI is InChI=1S/C10H11N2/c1-2-4-10(5-3-1)8-12-7-6-11-9-12/h1-5,7,9H,6,8H2/q+1. The average molecular weight is 159 g/mol. The Hall–Kier alpha value is -1.44. The van der Waals surface area contributed by atoms with Crippen LogP contribution in [0.4, 0.5) is 0 Å². The minimum Gasteiger partial charge on any atom is -0.233 e. The number of hydrogen-bond donors (Lipinski definition) is 0. The minimum absolute atomic E-state index is 0.826. The first-order valence-electron chi connectivity index (χ1n) is 4.08. The molecule has 0 amide bonds. The van der Waals surface area contributed by atoms with E-state index in [1.807, 2.05) is 12.4 Å². The Morgan fingerprint density at radius 2 is 2.08 bits per heavy atom. The zero-order valence-electron chi connectivity index (χ0n) is 6.85. The third-order valence-corrected chi connectivity index (χ3v) is 1.86. The van der Waals surface area contributed by atoms with Gasteiger partial charge < -0.3 is 0 Å². The lowest BCUT2D eigenvalue weighted by Gasteiger charge is -1.96. The van der Waals surface area contributed by atoms with Gasteiger partial charge in [0.15, 0.2) is 6.54 Å². The lowest BCUT2D eigenvalue weighted by molar-refractivity contribution is -0.408. The highest BCUT2D eigenvalue weighted by molar-refractivity contribution is 5.67. The maximum Gasteiger partial charge on any atom is 0.280 e. The van der Waals surface area contributed by atoms with Gasteiger partial charge in [0.1, 0.15) is 12.8 Å². The monoisotopic (exact) mass is 159 g/mol. The second-order valence-electron chi connectivity index (χ2n) is 2.82. The summed E-state index contributed by atoms with van der Waals surface area (Å²) in [7, 11) is 0. The van der Waals surface area contributed by atoms with E-state index >= 15 is 0 Å². The van der Waals surface area contributed by atoms with Crippen molar-refractivity contribution in [3.63, 3.8) is 0 Å². The number of nitrogens with zero attached hydrogens (tertiary/aromatic N) is 2. The second kappa shape index (κ2) is 3.30. The first-order valence-corrected chi connectivity index (χ1v) is 4.08. The third kappa shape index (κ3) is 1.59.